The average molecular weight is 591 g/mol. The van der Waals surface area contributed by atoms with E-state index in [9.17, 15) is 0 Å². The Kier molecular flexibility index (Phi) is 5.87. The van der Waals surface area contributed by atoms with E-state index in [2.05, 4.69) is 168 Å². The molecule has 0 radical (unpaired) electrons. The van der Waals surface area contributed by atoms with Crippen molar-refractivity contribution < 1.29 is 4.42 Å². The molecule has 0 bridgehead atoms. The van der Waals surface area contributed by atoms with Crippen molar-refractivity contribution in [3.05, 3.63) is 157 Å². The summed E-state index contributed by atoms with van der Waals surface area (Å²) in [5, 5.41) is 5.92. The fraction of sp³-hybridized carbons (Fsp3) is 0.0233. The molecule has 6 aromatic carbocycles. The molecule has 0 amide bonds. The van der Waals surface area contributed by atoms with Crippen LogP contribution >= 0.6 is 0 Å². The van der Waals surface area contributed by atoms with Crippen molar-refractivity contribution >= 4 is 66.8 Å². The van der Waals surface area contributed by atoms with Gasteiger partial charge < -0.3 is 13.6 Å². The van der Waals surface area contributed by atoms with E-state index >= 15 is 0 Å². The third-order valence-electron chi connectivity index (χ3n) is 9.21. The van der Waals surface area contributed by atoms with Crippen molar-refractivity contribution in [3.8, 4) is 22.5 Å². The summed E-state index contributed by atoms with van der Waals surface area (Å²) in [6.07, 6.45) is 6.22. The highest BCUT2D eigenvalue weighted by Gasteiger charge is 2.17. The molecule has 46 heavy (non-hydrogen) atoms. The van der Waals surface area contributed by atoms with Gasteiger partial charge in [0.15, 0.2) is 0 Å². The number of hydrogen-bond donors (Lipinski definition) is 0. The van der Waals surface area contributed by atoms with E-state index in [0.29, 0.717) is 0 Å². The van der Waals surface area contributed by atoms with Gasteiger partial charge in [0, 0.05) is 43.9 Å². The first kappa shape index (κ1) is 26.4. The molecular weight excluding hydrogens is 560 g/mol. The lowest BCUT2D eigenvalue weighted by Gasteiger charge is -2.12. The van der Waals surface area contributed by atoms with Crippen LogP contribution in [0.25, 0.3) is 89.3 Å². The van der Waals surface area contributed by atoms with Crippen molar-refractivity contribution in [1.82, 2.24) is 9.13 Å². The van der Waals surface area contributed by atoms with Gasteiger partial charge in [-0.15, -0.1) is 0 Å². The average Bonchev–Trinajstić information content (AvgIpc) is 3.75. The van der Waals surface area contributed by atoms with Crippen LogP contribution in [0.15, 0.2) is 151 Å². The summed E-state index contributed by atoms with van der Waals surface area (Å²) in [4.78, 5) is 0. The smallest absolute Gasteiger partial charge is 0.135 e. The second kappa shape index (κ2) is 10.3. The van der Waals surface area contributed by atoms with Gasteiger partial charge in [-0.2, -0.15) is 0 Å². The summed E-state index contributed by atoms with van der Waals surface area (Å²) in [7, 11) is 0. The highest BCUT2D eigenvalue weighted by Crippen LogP contribution is 2.38. The number of furan rings is 1. The number of rotatable bonds is 5. The second-order valence-corrected chi connectivity index (χ2v) is 11.8. The maximum absolute atomic E-state index is 6.36. The van der Waals surface area contributed by atoms with E-state index in [-0.39, 0.29) is 0 Å². The van der Waals surface area contributed by atoms with E-state index < -0.39 is 0 Å². The number of hydrogen-bond acceptors (Lipinski definition) is 1. The Morgan fingerprint density at radius 1 is 0.522 bits per heavy atom. The summed E-state index contributed by atoms with van der Waals surface area (Å²) >= 11 is 0. The number of nitrogens with zero attached hydrogens (tertiary/aromatic N) is 2. The fourth-order valence-electron chi connectivity index (χ4n) is 7.21. The maximum atomic E-state index is 6.36. The second-order valence-electron chi connectivity index (χ2n) is 11.8. The minimum absolute atomic E-state index is 0.886. The topological polar surface area (TPSA) is 23.0 Å². The predicted molar refractivity (Wildman–Crippen MR) is 195 cm³/mol. The summed E-state index contributed by atoms with van der Waals surface area (Å²) in [5.41, 5.74) is 12.1. The molecule has 0 aliphatic rings. The van der Waals surface area contributed by atoms with Crippen molar-refractivity contribution in [2.24, 2.45) is 0 Å². The molecule has 3 heteroatoms. The third kappa shape index (κ3) is 3.85. The van der Waals surface area contributed by atoms with Crippen LogP contribution in [-0.4, -0.2) is 9.13 Å². The standard InChI is InChI=1S/C43H30N2O/c1-3-12-38-32(4-2)33-15-5-8-18-39(33)44(38)30-14-11-13-28(25-30)29-21-23-42-36(26-29)37-27-31(22-24-43(37)46-42)45-40-19-9-6-16-34(40)35-17-7-10-20-41(35)45/h3-27H,2H2,1H3/b12-3-. The van der Waals surface area contributed by atoms with E-state index in [1.165, 1.54) is 27.2 Å². The first-order valence-electron chi connectivity index (χ1n) is 15.7. The Balaban J connectivity index is 1.21. The summed E-state index contributed by atoms with van der Waals surface area (Å²) < 4.78 is 11.1. The highest BCUT2D eigenvalue weighted by molar-refractivity contribution is 6.11. The van der Waals surface area contributed by atoms with Crippen LogP contribution in [0.4, 0.5) is 0 Å². The molecule has 0 saturated heterocycles. The van der Waals surface area contributed by atoms with E-state index in [1.807, 2.05) is 6.08 Å². The van der Waals surface area contributed by atoms with Crippen LogP contribution in [0.5, 0.6) is 0 Å². The molecule has 3 aromatic heterocycles. The normalized spacial score (nSPS) is 12.0. The zero-order valence-electron chi connectivity index (χ0n) is 25.4. The van der Waals surface area contributed by atoms with E-state index in [1.54, 1.807) is 0 Å². The number of aromatic nitrogens is 2. The number of fused-ring (bicyclic) bond motifs is 7. The molecule has 0 unspecified atom stereocenters. The van der Waals surface area contributed by atoms with Gasteiger partial charge >= 0.3 is 0 Å². The summed E-state index contributed by atoms with van der Waals surface area (Å²) in [5.74, 6) is 0. The van der Waals surface area contributed by atoms with E-state index in [4.69, 9.17) is 4.42 Å². The fourth-order valence-corrected chi connectivity index (χ4v) is 7.21. The van der Waals surface area contributed by atoms with Gasteiger partial charge in [0.1, 0.15) is 11.2 Å². The zero-order chi connectivity index (χ0) is 30.8. The lowest BCUT2D eigenvalue weighted by Crippen LogP contribution is -1.97. The van der Waals surface area contributed by atoms with Crippen molar-refractivity contribution in [3.63, 3.8) is 0 Å². The maximum Gasteiger partial charge on any atom is 0.135 e. The van der Waals surface area contributed by atoms with Crippen LogP contribution in [-0.2, 0) is 0 Å². The van der Waals surface area contributed by atoms with Crippen LogP contribution in [0.3, 0.4) is 0 Å². The molecule has 0 atom stereocenters. The SMILES string of the molecule is C=Cc1c(/C=C\C)n(-c2cccc(-c3ccc4oc5ccc(-n6c7ccccc7c7ccccc76)cc5c4c3)c2)c2ccccc12. The number of benzene rings is 6. The van der Waals surface area contributed by atoms with Gasteiger partial charge in [0.25, 0.3) is 0 Å². The summed E-state index contributed by atoms with van der Waals surface area (Å²) in [6.45, 7) is 6.20. The molecule has 0 N–H and O–H groups in total. The molecule has 3 nitrogen and oxygen atoms in total. The first-order valence-corrected chi connectivity index (χ1v) is 15.7. The van der Waals surface area contributed by atoms with Gasteiger partial charge in [0.05, 0.1) is 22.2 Å². The molecule has 0 fully saturated rings. The van der Waals surface area contributed by atoms with Gasteiger partial charge in [-0.1, -0.05) is 91.5 Å². The molecule has 3 heterocycles. The minimum Gasteiger partial charge on any atom is -0.456 e. The Morgan fingerprint density at radius 3 is 1.80 bits per heavy atom. The first-order chi connectivity index (χ1) is 22.7. The monoisotopic (exact) mass is 590 g/mol. The molecule has 9 rings (SSSR count). The lowest BCUT2D eigenvalue weighted by atomic mass is 10.0. The van der Waals surface area contributed by atoms with E-state index in [0.717, 1.165) is 61.2 Å². The van der Waals surface area contributed by atoms with Gasteiger partial charge in [-0.05, 0) is 84.8 Å². The van der Waals surface area contributed by atoms with Gasteiger partial charge in [-0.25, -0.2) is 0 Å². The Labute approximate surface area is 266 Å². The molecule has 218 valence electrons. The Hall–Kier alpha value is -6.06. The predicted octanol–water partition coefficient (Wildman–Crippen LogP) is 12.0. The molecule has 9 aromatic rings. The van der Waals surface area contributed by atoms with Gasteiger partial charge in [0.2, 0.25) is 0 Å². The molecular formula is C43H30N2O. The number of allylic oxidation sites excluding steroid dienone is 1. The Bertz CT molecular complexity index is 2620. The van der Waals surface area contributed by atoms with Crippen LogP contribution in [0.2, 0.25) is 0 Å². The Morgan fingerprint density at radius 2 is 1.11 bits per heavy atom. The lowest BCUT2D eigenvalue weighted by molar-refractivity contribution is 0.669. The summed E-state index contributed by atoms with van der Waals surface area (Å²) in [6, 6.07) is 47.6. The van der Waals surface area contributed by atoms with Crippen LogP contribution in [0.1, 0.15) is 18.2 Å². The van der Waals surface area contributed by atoms with Crippen LogP contribution in [0, 0.1) is 0 Å². The quantitative estimate of drug-likeness (QED) is 0.195. The highest BCUT2D eigenvalue weighted by atomic mass is 16.3. The van der Waals surface area contributed by atoms with Gasteiger partial charge in [-0.3, -0.25) is 0 Å². The third-order valence-corrected chi connectivity index (χ3v) is 9.21. The van der Waals surface area contributed by atoms with Crippen molar-refractivity contribution in [1.29, 1.82) is 0 Å². The van der Waals surface area contributed by atoms with Crippen LogP contribution < -0.4 is 0 Å². The molecule has 0 aliphatic carbocycles. The zero-order valence-corrected chi connectivity index (χ0v) is 25.4. The van der Waals surface area contributed by atoms with Crippen molar-refractivity contribution in [2.75, 3.05) is 0 Å². The molecule has 0 saturated carbocycles. The van der Waals surface area contributed by atoms with Crippen molar-refractivity contribution in [2.45, 2.75) is 6.92 Å². The minimum atomic E-state index is 0.886. The molecule has 0 spiro atoms. The molecule has 0 aliphatic heterocycles. The number of para-hydroxylation sites is 3. The largest absolute Gasteiger partial charge is 0.456 e.